The van der Waals surface area contributed by atoms with E-state index in [0.29, 0.717) is 18.0 Å². The Morgan fingerprint density at radius 1 is 1.24 bits per heavy atom. The van der Waals surface area contributed by atoms with Crippen LogP contribution >= 0.6 is 0 Å². The third-order valence-electron chi connectivity index (χ3n) is 5.12. The summed E-state index contributed by atoms with van der Waals surface area (Å²) in [5.74, 6) is 1.33. The number of anilines is 1. The highest BCUT2D eigenvalue weighted by molar-refractivity contribution is 5.51. The summed E-state index contributed by atoms with van der Waals surface area (Å²) in [7, 11) is 0. The zero-order valence-corrected chi connectivity index (χ0v) is 14.4. The third-order valence-corrected chi connectivity index (χ3v) is 5.12. The fraction of sp³-hybridized carbons (Fsp3) is 0.684. The molecule has 0 aliphatic carbocycles. The Morgan fingerprint density at radius 2 is 2.00 bits per heavy atom. The Bertz CT molecular complexity index is 441. The summed E-state index contributed by atoms with van der Waals surface area (Å²) in [5, 5.41) is 3.77. The predicted octanol–water partition coefficient (Wildman–Crippen LogP) is 4.41. The first-order chi connectivity index (χ1) is 10.1. The van der Waals surface area contributed by atoms with Crippen LogP contribution in [0.5, 0.6) is 0 Å². The van der Waals surface area contributed by atoms with Crippen LogP contribution in [0.3, 0.4) is 0 Å². The van der Waals surface area contributed by atoms with Crippen molar-refractivity contribution in [2.45, 2.75) is 65.5 Å². The molecule has 0 bridgehead atoms. The number of rotatable bonds is 5. The summed E-state index contributed by atoms with van der Waals surface area (Å²) in [6, 6.07) is 10.4. The smallest absolute Gasteiger partial charge is 0.0412 e. The van der Waals surface area contributed by atoms with E-state index in [0.717, 1.165) is 19.0 Å². The first-order valence-corrected chi connectivity index (χ1v) is 8.66. The highest BCUT2D eigenvalue weighted by Crippen LogP contribution is 2.27. The van der Waals surface area contributed by atoms with Crippen molar-refractivity contribution in [3.05, 3.63) is 29.8 Å². The second kappa shape index (κ2) is 7.31. The molecule has 1 saturated heterocycles. The van der Waals surface area contributed by atoms with Crippen molar-refractivity contribution in [1.82, 2.24) is 5.32 Å². The lowest BCUT2D eigenvalue weighted by Crippen LogP contribution is -2.58. The maximum atomic E-state index is 3.77. The number of nitrogens with one attached hydrogen (secondary N) is 1. The maximum absolute atomic E-state index is 3.77. The second-order valence-electron chi connectivity index (χ2n) is 6.86. The van der Waals surface area contributed by atoms with Gasteiger partial charge in [-0.05, 0) is 36.0 Å². The van der Waals surface area contributed by atoms with Crippen LogP contribution in [0.15, 0.2) is 24.3 Å². The van der Waals surface area contributed by atoms with E-state index in [4.69, 9.17) is 0 Å². The van der Waals surface area contributed by atoms with E-state index in [-0.39, 0.29) is 0 Å². The summed E-state index contributed by atoms with van der Waals surface area (Å²) >= 11 is 0. The average Bonchev–Trinajstić information content (AvgIpc) is 2.53. The molecule has 0 saturated carbocycles. The largest absolute Gasteiger partial charge is 0.366 e. The quantitative estimate of drug-likeness (QED) is 0.863. The van der Waals surface area contributed by atoms with Gasteiger partial charge in [0, 0.05) is 30.9 Å². The molecule has 0 aromatic heterocycles. The van der Waals surface area contributed by atoms with Crippen molar-refractivity contribution in [2.24, 2.45) is 5.92 Å². The van der Waals surface area contributed by atoms with E-state index in [1.165, 1.54) is 24.1 Å². The van der Waals surface area contributed by atoms with Crippen molar-refractivity contribution in [3.8, 4) is 0 Å². The molecule has 2 rings (SSSR count). The standard InChI is InChI=1S/C19H32N2/c1-6-15(5)19-13-21(17(7-2)12-20-19)18-10-8-9-16(11-18)14(3)4/h8-11,14-15,17,19-20H,6-7,12-13H2,1-5H3. The van der Waals surface area contributed by atoms with Crippen LogP contribution in [0, 0.1) is 5.92 Å². The molecule has 118 valence electrons. The van der Waals surface area contributed by atoms with Gasteiger partial charge in [0.15, 0.2) is 0 Å². The van der Waals surface area contributed by atoms with Crippen LogP contribution < -0.4 is 10.2 Å². The highest BCUT2D eigenvalue weighted by atomic mass is 15.2. The molecule has 0 radical (unpaired) electrons. The van der Waals surface area contributed by atoms with Gasteiger partial charge in [-0.15, -0.1) is 0 Å². The fourth-order valence-electron chi connectivity index (χ4n) is 3.23. The van der Waals surface area contributed by atoms with Gasteiger partial charge in [0.2, 0.25) is 0 Å². The van der Waals surface area contributed by atoms with Gasteiger partial charge in [0.1, 0.15) is 0 Å². The number of benzene rings is 1. The minimum atomic E-state index is 0.596. The number of nitrogens with zero attached hydrogens (tertiary/aromatic N) is 1. The number of piperazine rings is 1. The molecule has 2 heteroatoms. The van der Waals surface area contributed by atoms with Crippen molar-refractivity contribution in [3.63, 3.8) is 0 Å². The van der Waals surface area contributed by atoms with E-state index < -0.39 is 0 Å². The highest BCUT2D eigenvalue weighted by Gasteiger charge is 2.29. The van der Waals surface area contributed by atoms with Crippen molar-refractivity contribution in [1.29, 1.82) is 0 Å². The van der Waals surface area contributed by atoms with Crippen LogP contribution in [0.4, 0.5) is 5.69 Å². The molecule has 0 amide bonds. The normalized spacial score (nSPS) is 24.4. The number of hydrogen-bond donors (Lipinski definition) is 1. The zero-order valence-electron chi connectivity index (χ0n) is 14.4. The van der Waals surface area contributed by atoms with Gasteiger partial charge in [-0.1, -0.05) is 53.2 Å². The minimum Gasteiger partial charge on any atom is -0.366 e. The van der Waals surface area contributed by atoms with Crippen LogP contribution in [-0.2, 0) is 0 Å². The minimum absolute atomic E-state index is 0.596. The lowest BCUT2D eigenvalue weighted by molar-refractivity contribution is 0.306. The van der Waals surface area contributed by atoms with E-state index >= 15 is 0 Å². The van der Waals surface area contributed by atoms with Crippen LogP contribution in [-0.4, -0.2) is 25.2 Å². The molecule has 0 spiro atoms. The lowest BCUT2D eigenvalue weighted by atomic mass is 9.94. The van der Waals surface area contributed by atoms with Gasteiger partial charge in [0.05, 0.1) is 0 Å². The molecule has 3 atom stereocenters. The predicted molar refractivity (Wildman–Crippen MR) is 93.2 cm³/mol. The van der Waals surface area contributed by atoms with E-state index in [1.54, 1.807) is 0 Å². The summed E-state index contributed by atoms with van der Waals surface area (Å²) in [6.07, 6.45) is 2.44. The summed E-state index contributed by atoms with van der Waals surface area (Å²) in [4.78, 5) is 2.64. The van der Waals surface area contributed by atoms with Crippen LogP contribution in [0.1, 0.15) is 58.9 Å². The SMILES string of the molecule is CCC(C)C1CN(c2cccc(C(C)C)c2)C(CC)CN1. The lowest BCUT2D eigenvalue weighted by Gasteiger charge is -2.43. The Morgan fingerprint density at radius 3 is 2.62 bits per heavy atom. The van der Waals surface area contributed by atoms with Crippen LogP contribution in [0.2, 0.25) is 0 Å². The van der Waals surface area contributed by atoms with Crippen LogP contribution in [0.25, 0.3) is 0 Å². The zero-order chi connectivity index (χ0) is 15.4. The molecule has 3 unspecified atom stereocenters. The summed E-state index contributed by atoms with van der Waals surface area (Å²) in [6.45, 7) is 13.8. The topological polar surface area (TPSA) is 15.3 Å². The first kappa shape index (κ1) is 16.4. The Balaban J connectivity index is 2.22. The van der Waals surface area contributed by atoms with E-state index in [9.17, 15) is 0 Å². The monoisotopic (exact) mass is 288 g/mol. The van der Waals surface area contributed by atoms with Gasteiger partial charge >= 0.3 is 0 Å². The number of hydrogen-bond acceptors (Lipinski definition) is 2. The molecule has 1 aromatic rings. The van der Waals surface area contributed by atoms with Crippen molar-refractivity contribution >= 4 is 5.69 Å². The average molecular weight is 288 g/mol. The molecular weight excluding hydrogens is 256 g/mol. The Hall–Kier alpha value is -1.02. The van der Waals surface area contributed by atoms with E-state index in [2.05, 4.69) is 69.1 Å². The molecular formula is C19H32N2. The molecule has 2 nitrogen and oxygen atoms in total. The van der Waals surface area contributed by atoms with Gasteiger partial charge in [-0.2, -0.15) is 0 Å². The molecule has 1 fully saturated rings. The van der Waals surface area contributed by atoms with Gasteiger partial charge < -0.3 is 10.2 Å². The molecule has 1 aliphatic rings. The molecule has 1 aliphatic heterocycles. The molecule has 1 N–H and O–H groups in total. The van der Waals surface area contributed by atoms with Gasteiger partial charge in [0.25, 0.3) is 0 Å². The second-order valence-corrected chi connectivity index (χ2v) is 6.86. The molecule has 21 heavy (non-hydrogen) atoms. The summed E-state index contributed by atoms with van der Waals surface area (Å²) < 4.78 is 0. The Kier molecular flexibility index (Phi) is 5.69. The van der Waals surface area contributed by atoms with Crippen molar-refractivity contribution < 1.29 is 0 Å². The third kappa shape index (κ3) is 3.79. The maximum Gasteiger partial charge on any atom is 0.0412 e. The van der Waals surface area contributed by atoms with Gasteiger partial charge in [-0.3, -0.25) is 0 Å². The molecule has 1 heterocycles. The fourth-order valence-corrected chi connectivity index (χ4v) is 3.23. The molecule has 1 aromatic carbocycles. The van der Waals surface area contributed by atoms with E-state index in [1.807, 2.05) is 0 Å². The van der Waals surface area contributed by atoms with Crippen molar-refractivity contribution in [2.75, 3.05) is 18.0 Å². The van der Waals surface area contributed by atoms with Gasteiger partial charge in [-0.25, -0.2) is 0 Å². The first-order valence-electron chi connectivity index (χ1n) is 8.66. The Labute approximate surface area is 130 Å². The summed E-state index contributed by atoms with van der Waals surface area (Å²) in [5.41, 5.74) is 2.85.